The second kappa shape index (κ2) is 5.06. The lowest BCUT2D eigenvalue weighted by atomic mass is 10.2. The van der Waals surface area contributed by atoms with Crippen molar-refractivity contribution < 1.29 is 9.52 Å². The standard InChI is InChI=1S/C12H15BrN2O2/c1-3-8-5-6-10(17-8)12(16)11-9(13)7-14-15(11)4-2/h5-7,12,16H,3-4H2,1-2H3. The van der Waals surface area contributed by atoms with E-state index in [9.17, 15) is 5.11 Å². The molecule has 0 aliphatic rings. The lowest BCUT2D eigenvalue weighted by Crippen LogP contribution is -2.09. The molecule has 2 rings (SSSR count). The summed E-state index contributed by atoms with van der Waals surface area (Å²) in [6, 6.07) is 3.70. The van der Waals surface area contributed by atoms with Gasteiger partial charge in [0.1, 0.15) is 11.5 Å². The van der Waals surface area contributed by atoms with Crippen LogP contribution in [0.5, 0.6) is 0 Å². The summed E-state index contributed by atoms with van der Waals surface area (Å²) < 4.78 is 8.11. The van der Waals surface area contributed by atoms with Crippen LogP contribution in [0.4, 0.5) is 0 Å². The third kappa shape index (κ3) is 2.30. The maximum atomic E-state index is 10.3. The molecule has 0 fully saturated rings. The Kier molecular flexibility index (Phi) is 3.69. The number of aliphatic hydroxyl groups is 1. The van der Waals surface area contributed by atoms with Crippen LogP contribution in [0.3, 0.4) is 0 Å². The zero-order chi connectivity index (χ0) is 12.4. The Morgan fingerprint density at radius 1 is 1.47 bits per heavy atom. The molecule has 0 radical (unpaired) electrons. The maximum absolute atomic E-state index is 10.3. The van der Waals surface area contributed by atoms with Crippen LogP contribution in [0, 0.1) is 0 Å². The van der Waals surface area contributed by atoms with E-state index in [2.05, 4.69) is 21.0 Å². The average Bonchev–Trinajstić information content (AvgIpc) is 2.94. The highest BCUT2D eigenvalue weighted by atomic mass is 79.9. The lowest BCUT2D eigenvalue weighted by molar-refractivity contribution is 0.175. The molecule has 2 aromatic heterocycles. The Bertz CT molecular complexity index is 504. The van der Waals surface area contributed by atoms with Gasteiger partial charge in [-0.15, -0.1) is 0 Å². The van der Waals surface area contributed by atoms with Crippen LogP contribution in [0.15, 0.2) is 27.2 Å². The molecule has 0 aromatic carbocycles. The molecule has 2 aromatic rings. The van der Waals surface area contributed by atoms with Gasteiger partial charge in [-0.2, -0.15) is 5.10 Å². The molecular formula is C12H15BrN2O2. The van der Waals surface area contributed by atoms with Crippen LogP contribution in [-0.4, -0.2) is 14.9 Å². The van der Waals surface area contributed by atoms with Gasteiger partial charge < -0.3 is 9.52 Å². The van der Waals surface area contributed by atoms with Crippen molar-refractivity contribution in [1.82, 2.24) is 9.78 Å². The molecule has 1 unspecified atom stereocenters. The van der Waals surface area contributed by atoms with Gasteiger partial charge in [0, 0.05) is 13.0 Å². The fourth-order valence-corrected chi connectivity index (χ4v) is 2.28. The first kappa shape index (κ1) is 12.4. The highest BCUT2D eigenvalue weighted by molar-refractivity contribution is 9.10. The highest BCUT2D eigenvalue weighted by Crippen LogP contribution is 2.29. The van der Waals surface area contributed by atoms with Crippen LogP contribution in [0.25, 0.3) is 0 Å². The van der Waals surface area contributed by atoms with Gasteiger partial charge in [-0.25, -0.2) is 0 Å². The molecule has 0 bridgehead atoms. The van der Waals surface area contributed by atoms with Gasteiger partial charge in [-0.1, -0.05) is 6.92 Å². The van der Waals surface area contributed by atoms with E-state index in [0.717, 1.165) is 22.3 Å². The average molecular weight is 299 g/mol. The van der Waals surface area contributed by atoms with E-state index in [1.165, 1.54) is 0 Å². The van der Waals surface area contributed by atoms with Crippen molar-refractivity contribution in [3.05, 3.63) is 40.0 Å². The minimum Gasteiger partial charge on any atom is -0.463 e. The molecule has 5 heteroatoms. The number of aliphatic hydroxyl groups excluding tert-OH is 1. The monoisotopic (exact) mass is 298 g/mol. The third-order valence-corrected chi connectivity index (χ3v) is 3.30. The van der Waals surface area contributed by atoms with Crippen LogP contribution < -0.4 is 0 Å². The summed E-state index contributed by atoms with van der Waals surface area (Å²) in [5, 5.41) is 14.5. The Morgan fingerprint density at radius 2 is 2.24 bits per heavy atom. The van der Waals surface area contributed by atoms with Crippen LogP contribution in [0.2, 0.25) is 0 Å². The molecule has 1 atom stereocenters. The quantitative estimate of drug-likeness (QED) is 0.944. The smallest absolute Gasteiger partial charge is 0.154 e. The van der Waals surface area contributed by atoms with Gasteiger partial charge in [-0.3, -0.25) is 4.68 Å². The van der Waals surface area contributed by atoms with Gasteiger partial charge >= 0.3 is 0 Å². The van der Waals surface area contributed by atoms with Crippen molar-refractivity contribution >= 4 is 15.9 Å². The summed E-state index contributed by atoms with van der Waals surface area (Å²) in [6.07, 6.45) is 1.72. The maximum Gasteiger partial charge on any atom is 0.154 e. The number of hydrogen-bond acceptors (Lipinski definition) is 3. The van der Waals surface area contributed by atoms with E-state index in [1.54, 1.807) is 10.9 Å². The predicted octanol–water partition coefficient (Wildman–Crippen LogP) is 2.90. The first-order valence-corrected chi connectivity index (χ1v) is 6.44. The Hall–Kier alpha value is -1.07. The third-order valence-electron chi connectivity index (χ3n) is 2.69. The molecular weight excluding hydrogens is 284 g/mol. The molecule has 0 aliphatic carbocycles. The molecule has 17 heavy (non-hydrogen) atoms. The van der Waals surface area contributed by atoms with Gasteiger partial charge in [0.25, 0.3) is 0 Å². The zero-order valence-corrected chi connectivity index (χ0v) is 11.4. The fraction of sp³-hybridized carbons (Fsp3) is 0.417. The van der Waals surface area contributed by atoms with Crippen molar-refractivity contribution in [3.8, 4) is 0 Å². The van der Waals surface area contributed by atoms with Gasteiger partial charge in [-0.05, 0) is 35.0 Å². The van der Waals surface area contributed by atoms with Crippen LogP contribution >= 0.6 is 15.9 Å². The zero-order valence-electron chi connectivity index (χ0n) is 9.85. The van der Waals surface area contributed by atoms with Crippen molar-refractivity contribution in [3.63, 3.8) is 0 Å². The van der Waals surface area contributed by atoms with Crippen molar-refractivity contribution in [2.24, 2.45) is 0 Å². The number of halogens is 1. The van der Waals surface area contributed by atoms with E-state index in [4.69, 9.17) is 4.42 Å². The minimum atomic E-state index is -0.785. The summed E-state index contributed by atoms with van der Waals surface area (Å²) in [7, 11) is 0. The lowest BCUT2D eigenvalue weighted by Gasteiger charge is -2.10. The number of hydrogen-bond donors (Lipinski definition) is 1. The number of aromatic nitrogens is 2. The molecule has 0 amide bonds. The largest absolute Gasteiger partial charge is 0.463 e. The Balaban J connectivity index is 2.35. The summed E-state index contributed by atoms with van der Waals surface area (Å²) in [5.74, 6) is 1.43. The van der Waals surface area contributed by atoms with E-state index in [1.807, 2.05) is 26.0 Å². The number of aryl methyl sites for hydroxylation is 2. The van der Waals surface area contributed by atoms with E-state index < -0.39 is 6.10 Å². The van der Waals surface area contributed by atoms with Gasteiger partial charge in [0.05, 0.1) is 16.4 Å². The van der Waals surface area contributed by atoms with Crippen molar-refractivity contribution in [2.75, 3.05) is 0 Å². The van der Waals surface area contributed by atoms with E-state index >= 15 is 0 Å². The first-order chi connectivity index (χ1) is 8.17. The molecule has 0 saturated heterocycles. The highest BCUT2D eigenvalue weighted by Gasteiger charge is 2.21. The molecule has 0 aliphatic heterocycles. The predicted molar refractivity (Wildman–Crippen MR) is 67.7 cm³/mol. The normalized spacial score (nSPS) is 12.9. The molecule has 0 saturated carbocycles. The molecule has 0 spiro atoms. The Morgan fingerprint density at radius 3 is 2.82 bits per heavy atom. The summed E-state index contributed by atoms with van der Waals surface area (Å²) in [6.45, 7) is 4.70. The summed E-state index contributed by atoms with van der Waals surface area (Å²) in [4.78, 5) is 0. The van der Waals surface area contributed by atoms with Crippen molar-refractivity contribution in [2.45, 2.75) is 32.9 Å². The summed E-state index contributed by atoms with van der Waals surface area (Å²) in [5.41, 5.74) is 0.726. The van der Waals surface area contributed by atoms with Gasteiger partial charge in [0.15, 0.2) is 6.10 Å². The van der Waals surface area contributed by atoms with E-state index in [-0.39, 0.29) is 0 Å². The number of nitrogens with zero attached hydrogens (tertiary/aromatic N) is 2. The molecule has 4 nitrogen and oxygen atoms in total. The first-order valence-electron chi connectivity index (χ1n) is 5.65. The second-order valence-corrected chi connectivity index (χ2v) is 4.61. The van der Waals surface area contributed by atoms with E-state index in [0.29, 0.717) is 12.3 Å². The number of furan rings is 1. The topological polar surface area (TPSA) is 51.2 Å². The minimum absolute atomic E-state index is 0.553. The van der Waals surface area contributed by atoms with Crippen molar-refractivity contribution in [1.29, 1.82) is 0 Å². The molecule has 92 valence electrons. The molecule has 1 N–H and O–H groups in total. The Labute approximate surface area is 108 Å². The fourth-order valence-electron chi connectivity index (χ4n) is 1.76. The van der Waals surface area contributed by atoms with Crippen LogP contribution in [-0.2, 0) is 13.0 Å². The second-order valence-electron chi connectivity index (χ2n) is 3.75. The number of rotatable bonds is 4. The SMILES string of the molecule is CCc1ccc(C(O)c2c(Br)cnn2CC)o1. The van der Waals surface area contributed by atoms with Crippen LogP contribution in [0.1, 0.15) is 37.2 Å². The van der Waals surface area contributed by atoms with Gasteiger partial charge in [0.2, 0.25) is 0 Å². The molecule has 2 heterocycles. The summed E-state index contributed by atoms with van der Waals surface area (Å²) >= 11 is 3.39.